The van der Waals surface area contributed by atoms with E-state index in [0.29, 0.717) is 12.3 Å². The summed E-state index contributed by atoms with van der Waals surface area (Å²) in [6, 6.07) is 28.0. The number of nitrogens with zero attached hydrogens (tertiary/aromatic N) is 1. The molecule has 0 atom stereocenters. The number of hydrogen-bond donors (Lipinski definition) is 1. The van der Waals surface area contributed by atoms with Crippen LogP contribution in [-0.2, 0) is 11.4 Å². The lowest BCUT2D eigenvalue weighted by molar-refractivity contribution is -0.112. The van der Waals surface area contributed by atoms with E-state index < -0.39 is 5.91 Å². The predicted molar refractivity (Wildman–Crippen MR) is 146 cm³/mol. The molecule has 0 unspecified atom stereocenters. The lowest BCUT2D eigenvalue weighted by Crippen LogP contribution is -2.14. The van der Waals surface area contributed by atoms with E-state index in [1.165, 1.54) is 10.8 Å². The van der Waals surface area contributed by atoms with Gasteiger partial charge in [-0.05, 0) is 99.8 Å². The van der Waals surface area contributed by atoms with Gasteiger partial charge in [-0.2, -0.15) is 5.26 Å². The van der Waals surface area contributed by atoms with Gasteiger partial charge in [0, 0.05) is 5.69 Å². The smallest absolute Gasteiger partial charge is 0.266 e. The molecule has 1 N–H and O–H groups in total. The number of aryl methyl sites for hydroxylation is 2. The lowest BCUT2D eigenvalue weighted by Gasteiger charge is -2.10. The molecule has 0 aromatic heterocycles. The average molecular weight is 558 g/mol. The standard InChI is InChI=1S/C29H23IN2O2/c1-19-7-8-20(2)27(13-19)32-29(33)25(17-31)14-21-10-12-28(26(30)16-21)34-18-22-9-11-23-5-3-4-6-24(23)15-22/h3-16H,18H2,1-2H3,(H,32,33)/b25-14+. The third-order valence-corrected chi connectivity index (χ3v) is 6.32. The molecule has 0 spiro atoms. The van der Waals surface area contributed by atoms with Crippen molar-refractivity contribution in [3.8, 4) is 11.8 Å². The van der Waals surface area contributed by atoms with Gasteiger partial charge in [0.1, 0.15) is 24.0 Å². The Morgan fingerprint density at radius 2 is 1.79 bits per heavy atom. The number of benzene rings is 4. The molecule has 0 heterocycles. The van der Waals surface area contributed by atoms with Crippen LogP contribution in [0.1, 0.15) is 22.3 Å². The molecule has 0 aliphatic carbocycles. The highest BCUT2D eigenvalue weighted by Crippen LogP contribution is 2.25. The molecule has 0 saturated carbocycles. The van der Waals surface area contributed by atoms with Crippen LogP contribution >= 0.6 is 22.6 Å². The molecular weight excluding hydrogens is 535 g/mol. The van der Waals surface area contributed by atoms with Crippen molar-refractivity contribution in [1.29, 1.82) is 5.26 Å². The molecule has 0 fully saturated rings. The zero-order chi connectivity index (χ0) is 24.1. The molecule has 5 heteroatoms. The normalized spacial score (nSPS) is 11.2. The van der Waals surface area contributed by atoms with Crippen molar-refractivity contribution in [2.45, 2.75) is 20.5 Å². The summed E-state index contributed by atoms with van der Waals surface area (Å²) in [4.78, 5) is 12.7. The van der Waals surface area contributed by atoms with E-state index in [4.69, 9.17) is 4.74 Å². The van der Waals surface area contributed by atoms with Gasteiger partial charge in [-0.15, -0.1) is 0 Å². The van der Waals surface area contributed by atoms with Crippen LogP contribution in [0.3, 0.4) is 0 Å². The van der Waals surface area contributed by atoms with Crippen LogP contribution in [0.15, 0.2) is 84.4 Å². The third-order valence-electron chi connectivity index (χ3n) is 5.48. The largest absolute Gasteiger partial charge is 0.488 e. The van der Waals surface area contributed by atoms with Crippen molar-refractivity contribution in [2.24, 2.45) is 0 Å². The van der Waals surface area contributed by atoms with Gasteiger partial charge in [0.25, 0.3) is 5.91 Å². The van der Waals surface area contributed by atoms with Gasteiger partial charge in [0.2, 0.25) is 0 Å². The Kier molecular flexibility index (Phi) is 7.29. The maximum atomic E-state index is 12.7. The van der Waals surface area contributed by atoms with Crippen LogP contribution in [0, 0.1) is 28.7 Å². The molecule has 4 nitrogen and oxygen atoms in total. The number of rotatable bonds is 6. The number of carbonyl (C=O) groups excluding carboxylic acids is 1. The number of nitrogens with one attached hydrogen (secondary N) is 1. The van der Waals surface area contributed by atoms with E-state index in [1.54, 1.807) is 6.08 Å². The van der Waals surface area contributed by atoms with E-state index in [2.05, 4.69) is 58.2 Å². The predicted octanol–water partition coefficient (Wildman–Crippen LogP) is 7.19. The first-order valence-corrected chi connectivity index (χ1v) is 11.9. The number of hydrogen-bond acceptors (Lipinski definition) is 3. The summed E-state index contributed by atoms with van der Waals surface area (Å²) >= 11 is 2.21. The molecule has 0 radical (unpaired) electrons. The molecule has 0 aliphatic heterocycles. The third kappa shape index (κ3) is 5.64. The molecule has 4 aromatic carbocycles. The van der Waals surface area contributed by atoms with Crippen molar-refractivity contribution >= 4 is 51.0 Å². The van der Waals surface area contributed by atoms with Gasteiger partial charge in [0.15, 0.2) is 0 Å². The fourth-order valence-corrected chi connectivity index (χ4v) is 4.28. The SMILES string of the molecule is Cc1ccc(C)c(NC(=O)/C(C#N)=C/c2ccc(OCc3ccc4ccccc4c3)c(I)c2)c1. The average Bonchev–Trinajstić information content (AvgIpc) is 2.84. The maximum Gasteiger partial charge on any atom is 0.266 e. The monoisotopic (exact) mass is 558 g/mol. The van der Waals surface area contributed by atoms with Crippen molar-refractivity contribution in [2.75, 3.05) is 5.32 Å². The van der Waals surface area contributed by atoms with E-state index in [9.17, 15) is 10.1 Å². The summed E-state index contributed by atoms with van der Waals surface area (Å²) in [5.41, 5.74) is 4.58. The van der Waals surface area contributed by atoms with Crippen LogP contribution in [0.4, 0.5) is 5.69 Å². The number of nitriles is 1. The van der Waals surface area contributed by atoms with Gasteiger partial charge < -0.3 is 10.1 Å². The van der Waals surface area contributed by atoms with Gasteiger partial charge in [-0.1, -0.05) is 54.6 Å². The van der Waals surface area contributed by atoms with Crippen LogP contribution < -0.4 is 10.1 Å². The van der Waals surface area contributed by atoms with E-state index in [1.807, 2.05) is 68.4 Å². The second kappa shape index (κ2) is 10.5. The minimum atomic E-state index is -0.428. The summed E-state index contributed by atoms with van der Waals surface area (Å²) in [6.07, 6.45) is 1.59. The van der Waals surface area contributed by atoms with Crippen molar-refractivity contribution in [3.05, 3.63) is 110 Å². The van der Waals surface area contributed by atoms with Crippen LogP contribution in [0.2, 0.25) is 0 Å². The Balaban J connectivity index is 1.46. The first-order chi connectivity index (χ1) is 16.4. The molecule has 4 aromatic rings. The highest BCUT2D eigenvalue weighted by molar-refractivity contribution is 14.1. The molecule has 0 saturated heterocycles. The highest BCUT2D eigenvalue weighted by atomic mass is 127. The Morgan fingerprint density at radius 3 is 2.56 bits per heavy atom. The zero-order valence-corrected chi connectivity index (χ0v) is 21.1. The molecule has 1 amide bonds. The fraction of sp³-hybridized carbons (Fsp3) is 0.103. The minimum Gasteiger partial charge on any atom is -0.488 e. The molecule has 168 valence electrons. The zero-order valence-electron chi connectivity index (χ0n) is 18.9. The first kappa shape index (κ1) is 23.5. The summed E-state index contributed by atoms with van der Waals surface area (Å²) < 4.78 is 6.94. The molecular formula is C29H23IN2O2. The van der Waals surface area contributed by atoms with Gasteiger partial charge in [-0.25, -0.2) is 0 Å². The summed E-state index contributed by atoms with van der Waals surface area (Å²) in [5.74, 6) is 0.326. The van der Waals surface area contributed by atoms with E-state index in [0.717, 1.165) is 31.6 Å². The Hall–Kier alpha value is -3.63. The first-order valence-electron chi connectivity index (χ1n) is 10.8. The lowest BCUT2D eigenvalue weighted by atomic mass is 10.1. The van der Waals surface area contributed by atoms with Crippen molar-refractivity contribution < 1.29 is 9.53 Å². The van der Waals surface area contributed by atoms with E-state index >= 15 is 0 Å². The van der Waals surface area contributed by atoms with Crippen LogP contribution in [0.5, 0.6) is 5.75 Å². The minimum absolute atomic E-state index is 0.0431. The van der Waals surface area contributed by atoms with Crippen LogP contribution in [0.25, 0.3) is 16.8 Å². The van der Waals surface area contributed by atoms with Gasteiger partial charge in [-0.3, -0.25) is 4.79 Å². The number of halogens is 1. The number of amides is 1. The van der Waals surface area contributed by atoms with Crippen LogP contribution in [-0.4, -0.2) is 5.91 Å². The fourth-order valence-electron chi connectivity index (χ4n) is 3.59. The molecule has 0 aliphatic rings. The van der Waals surface area contributed by atoms with E-state index in [-0.39, 0.29) is 5.57 Å². The number of fused-ring (bicyclic) bond motifs is 1. The Morgan fingerprint density at radius 1 is 1.00 bits per heavy atom. The molecule has 34 heavy (non-hydrogen) atoms. The number of ether oxygens (including phenoxy) is 1. The van der Waals surface area contributed by atoms with Crippen molar-refractivity contribution in [1.82, 2.24) is 0 Å². The second-order valence-electron chi connectivity index (χ2n) is 8.10. The summed E-state index contributed by atoms with van der Waals surface area (Å²) in [5, 5.41) is 14.8. The second-order valence-corrected chi connectivity index (χ2v) is 9.26. The molecule has 4 rings (SSSR count). The van der Waals surface area contributed by atoms with Gasteiger partial charge in [0.05, 0.1) is 3.57 Å². The summed E-state index contributed by atoms with van der Waals surface area (Å²) in [7, 11) is 0. The molecule has 0 bridgehead atoms. The maximum absolute atomic E-state index is 12.7. The quantitative estimate of drug-likeness (QED) is 0.155. The number of anilines is 1. The Labute approximate surface area is 213 Å². The summed E-state index contributed by atoms with van der Waals surface area (Å²) in [6.45, 7) is 4.34. The highest BCUT2D eigenvalue weighted by Gasteiger charge is 2.12. The topological polar surface area (TPSA) is 62.1 Å². The number of carbonyl (C=O) groups is 1. The van der Waals surface area contributed by atoms with Crippen molar-refractivity contribution in [3.63, 3.8) is 0 Å². The van der Waals surface area contributed by atoms with Gasteiger partial charge >= 0.3 is 0 Å². The Bertz CT molecular complexity index is 1450.